The Morgan fingerprint density at radius 2 is 1.55 bits per heavy atom. The fourth-order valence-corrected chi connectivity index (χ4v) is 4.38. The molecular weight excluding hydrogens is 406 g/mol. The van der Waals surface area contributed by atoms with E-state index < -0.39 is 0 Å². The molecule has 3 N–H and O–H groups in total. The van der Waals surface area contributed by atoms with Gasteiger partial charge in [0, 0.05) is 18.0 Å². The fourth-order valence-electron chi connectivity index (χ4n) is 3.56. The SMILES string of the molecule is COc1ccc(-c2ccc(CNCCC(N)c3nsc4ccc(OC)cc34)cc2)cc1. The summed E-state index contributed by atoms with van der Waals surface area (Å²) in [4.78, 5) is 0. The van der Waals surface area contributed by atoms with Crippen LogP contribution in [0.25, 0.3) is 21.2 Å². The molecule has 0 bridgehead atoms. The van der Waals surface area contributed by atoms with E-state index in [1.54, 1.807) is 14.2 Å². The molecule has 1 heterocycles. The topological polar surface area (TPSA) is 69.4 Å². The van der Waals surface area contributed by atoms with Gasteiger partial charge in [0.05, 0.1) is 24.6 Å². The summed E-state index contributed by atoms with van der Waals surface area (Å²) in [5.41, 5.74) is 11.0. The van der Waals surface area contributed by atoms with Gasteiger partial charge in [-0.2, -0.15) is 4.37 Å². The number of benzene rings is 3. The standard InChI is InChI=1S/C25H27N3O2S/c1-29-20-9-7-19(8-10-20)18-5-3-17(4-6-18)16-27-14-13-23(26)25-22-15-21(30-2)11-12-24(22)31-28-25/h3-12,15,23,27H,13-14,16,26H2,1-2H3. The molecular formula is C25H27N3O2S. The first-order valence-electron chi connectivity index (χ1n) is 10.3. The van der Waals surface area contributed by atoms with Crippen LogP contribution in [0.2, 0.25) is 0 Å². The Morgan fingerprint density at radius 3 is 2.23 bits per heavy atom. The summed E-state index contributed by atoms with van der Waals surface area (Å²) in [7, 11) is 3.36. The number of fused-ring (bicyclic) bond motifs is 1. The van der Waals surface area contributed by atoms with Crippen LogP contribution in [0.15, 0.2) is 66.7 Å². The summed E-state index contributed by atoms with van der Waals surface area (Å²) in [5, 5.41) is 4.58. The molecule has 4 aromatic rings. The number of hydrogen-bond acceptors (Lipinski definition) is 6. The Kier molecular flexibility index (Phi) is 6.82. The van der Waals surface area contributed by atoms with Crippen molar-refractivity contribution in [1.29, 1.82) is 0 Å². The lowest BCUT2D eigenvalue weighted by molar-refractivity contribution is 0.415. The number of aromatic nitrogens is 1. The first-order valence-corrected chi connectivity index (χ1v) is 11.1. The molecule has 160 valence electrons. The molecule has 0 amide bonds. The third-order valence-electron chi connectivity index (χ3n) is 5.39. The zero-order valence-electron chi connectivity index (χ0n) is 17.8. The second-order valence-corrected chi connectivity index (χ2v) is 8.23. The molecule has 6 heteroatoms. The highest BCUT2D eigenvalue weighted by atomic mass is 32.1. The zero-order chi connectivity index (χ0) is 21.6. The molecule has 0 spiro atoms. The van der Waals surface area contributed by atoms with Gasteiger partial charge in [0.25, 0.3) is 0 Å². The first kappa shape index (κ1) is 21.3. The average molecular weight is 434 g/mol. The molecule has 0 aliphatic rings. The van der Waals surface area contributed by atoms with Gasteiger partial charge in [-0.15, -0.1) is 0 Å². The quantitative estimate of drug-likeness (QED) is 0.357. The predicted molar refractivity (Wildman–Crippen MR) is 128 cm³/mol. The molecule has 0 radical (unpaired) electrons. The van der Waals surface area contributed by atoms with Crippen LogP contribution >= 0.6 is 11.5 Å². The van der Waals surface area contributed by atoms with Crippen molar-refractivity contribution < 1.29 is 9.47 Å². The smallest absolute Gasteiger partial charge is 0.119 e. The van der Waals surface area contributed by atoms with Gasteiger partial charge in [0.2, 0.25) is 0 Å². The van der Waals surface area contributed by atoms with Crippen LogP contribution in [-0.2, 0) is 6.54 Å². The van der Waals surface area contributed by atoms with Crippen LogP contribution < -0.4 is 20.5 Å². The van der Waals surface area contributed by atoms with Crippen LogP contribution in [0, 0.1) is 0 Å². The van der Waals surface area contributed by atoms with E-state index in [9.17, 15) is 0 Å². The zero-order valence-corrected chi connectivity index (χ0v) is 18.6. The number of nitrogens with two attached hydrogens (primary N) is 1. The van der Waals surface area contributed by atoms with Crippen LogP contribution in [0.1, 0.15) is 23.7 Å². The number of nitrogens with zero attached hydrogens (tertiary/aromatic N) is 1. The Morgan fingerprint density at radius 1 is 0.903 bits per heavy atom. The molecule has 1 atom stereocenters. The van der Waals surface area contributed by atoms with E-state index >= 15 is 0 Å². The molecule has 0 aliphatic heterocycles. The number of ether oxygens (including phenoxy) is 2. The maximum absolute atomic E-state index is 6.44. The van der Waals surface area contributed by atoms with Gasteiger partial charge in [-0.25, -0.2) is 0 Å². The van der Waals surface area contributed by atoms with Gasteiger partial charge >= 0.3 is 0 Å². The minimum atomic E-state index is -0.106. The second-order valence-electron chi connectivity index (χ2n) is 7.43. The lowest BCUT2D eigenvalue weighted by Gasteiger charge is -2.11. The summed E-state index contributed by atoms with van der Waals surface area (Å²) in [6.45, 7) is 1.63. The van der Waals surface area contributed by atoms with Crippen LogP contribution in [0.3, 0.4) is 0 Å². The molecule has 0 aliphatic carbocycles. The Bertz CT molecular complexity index is 1120. The summed E-state index contributed by atoms with van der Waals surface area (Å²) in [5.74, 6) is 1.70. The third kappa shape index (κ3) is 5.05. The van der Waals surface area contributed by atoms with Gasteiger partial charge in [-0.3, -0.25) is 0 Å². The lowest BCUT2D eigenvalue weighted by Crippen LogP contribution is -2.21. The van der Waals surface area contributed by atoms with Crippen molar-refractivity contribution in [3.05, 3.63) is 78.0 Å². The van der Waals surface area contributed by atoms with Crippen molar-refractivity contribution in [2.24, 2.45) is 5.73 Å². The third-order valence-corrected chi connectivity index (χ3v) is 6.24. The Hall–Kier alpha value is -2.93. The van der Waals surface area contributed by atoms with Crippen molar-refractivity contribution in [2.75, 3.05) is 20.8 Å². The van der Waals surface area contributed by atoms with E-state index in [0.29, 0.717) is 0 Å². The number of methoxy groups -OCH3 is 2. The molecule has 3 aromatic carbocycles. The van der Waals surface area contributed by atoms with Crippen LogP contribution in [0.4, 0.5) is 0 Å². The van der Waals surface area contributed by atoms with Crippen molar-refractivity contribution >= 4 is 21.6 Å². The maximum Gasteiger partial charge on any atom is 0.119 e. The van der Waals surface area contributed by atoms with Gasteiger partial charge in [0.15, 0.2) is 0 Å². The fraction of sp³-hybridized carbons (Fsp3) is 0.240. The molecule has 0 fully saturated rings. The van der Waals surface area contributed by atoms with Crippen LogP contribution in [0.5, 0.6) is 11.5 Å². The summed E-state index contributed by atoms with van der Waals surface area (Å²) in [6, 6.07) is 22.6. The molecule has 31 heavy (non-hydrogen) atoms. The van der Waals surface area contributed by atoms with Crippen molar-refractivity contribution in [1.82, 2.24) is 9.69 Å². The average Bonchev–Trinajstić information content (AvgIpc) is 3.25. The maximum atomic E-state index is 6.44. The molecule has 1 unspecified atom stereocenters. The normalized spacial score (nSPS) is 12.1. The van der Waals surface area contributed by atoms with E-state index in [1.807, 2.05) is 30.3 Å². The molecule has 5 nitrogen and oxygen atoms in total. The van der Waals surface area contributed by atoms with E-state index in [0.717, 1.165) is 46.8 Å². The lowest BCUT2D eigenvalue weighted by atomic mass is 10.0. The second kappa shape index (κ2) is 9.92. The number of hydrogen-bond donors (Lipinski definition) is 2. The minimum absolute atomic E-state index is 0.106. The van der Waals surface area contributed by atoms with Gasteiger partial charge in [-0.1, -0.05) is 36.4 Å². The number of nitrogens with one attached hydrogen (secondary N) is 1. The van der Waals surface area contributed by atoms with E-state index in [4.69, 9.17) is 15.2 Å². The molecule has 4 rings (SSSR count). The Balaban J connectivity index is 1.29. The van der Waals surface area contributed by atoms with Gasteiger partial charge in [0.1, 0.15) is 11.5 Å². The highest BCUT2D eigenvalue weighted by Crippen LogP contribution is 2.30. The van der Waals surface area contributed by atoms with Crippen molar-refractivity contribution in [3.8, 4) is 22.6 Å². The molecule has 1 aromatic heterocycles. The van der Waals surface area contributed by atoms with E-state index in [2.05, 4.69) is 46.1 Å². The Labute approximate surface area is 187 Å². The van der Waals surface area contributed by atoms with Crippen molar-refractivity contribution in [2.45, 2.75) is 19.0 Å². The largest absolute Gasteiger partial charge is 0.497 e. The summed E-state index contributed by atoms with van der Waals surface area (Å²) >= 11 is 1.49. The highest BCUT2D eigenvalue weighted by Gasteiger charge is 2.14. The highest BCUT2D eigenvalue weighted by molar-refractivity contribution is 7.13. The van der Waals surface area contributed by atoms with Crippen LogP contribution in [-0.4, -0.2) is 25.1 Å². The summed E-state index contributed by atoms with van der Waals surface area (Å²) < 4.78 is 16.3. The minimum Gasteiger partial charge on any atom is -0.497 e. The molecule has 0 saturated carbocycles. The molecule has 0 saturated heterocycles. The first-order chi connectivity index (χ1) is 15.2. The predicted octanol–water partition coefficient (Wildman–Crippen LogP) is 5.16. The van der Waals surface area contributed by atoms with E-state index in [1.165, 1.54) is 28.2 Å². The van der Waals surface area contributed by atoms with Gasteiger partial charge < -0.3 is 20.5 Å². The van der Waals surface area contributed by atoms with E-state index in [-0.39, 0.29) is 6.04 Å². The summed E-state index contributed by atoms with van der Waals surface area (Å²) in [6.07, 6.45) is 0.819. The van der Waals surface area contributed by atoms with Crippen molar-refractivity contribution in [3.63, 3.8) is 0 Å². The van der Waals surface area contributed by atoms with Gasteiger partial charge in [-0.05, 0) is 71.5 Å². The number of rotatable bonds is 9. The monoisotopic (exact) mass is 433 g/mol.